The van der Waals surface area contributed by atoms with Crippen molar-refractivity contribution in [2.75, 3.05) is 0 Å². The molecule has 4 heterocycles. The number of benzene rings is 6. The van der Waals surface area contributed by atoms with Crippen LogP contribution in [0.5, 0.6) is 5.75 Å². The lowest BCUT2D eigenvalue weighted by atomic mass is 9.84. The molecule has 288 valence electrons. The topological polar surface area (TPSA) is 77.0 Å². The number of pyridine rings is 2. The average molecular weight is 769 g/mol. The van der Waals surface area contributed by atoms with Gasteiger partial charge >= 0.3 is 0 Å². The van der Waals surface area contributed by atoms with Gasteiger partial charge in [-0.1, -0.05) is 114 Å². The third-order valence-corrected chi connectivity index (χ3v) is 11.5. The van der Waals surface area contributed by atoms with Gasteiger partial charge in [0.1, 0.15) is 22.7 Å². The van der Waals surface area contributed by atoms with Gasteiger partial charge in [0.2, 0.25) is 0 Å². The van der Waals surface area contributed by atoms with E-state index in [1.165, 1.54) is 11.1 Å². The van der Waals surface area contributed by atoms with Crippen LogP contribution in [0.1, 0.15) is 52.7 Å². The molecular weight excluding hydrogens is 725 g/mol. The van der Waals surface area contributed by atoms with Crippen LogP contribution in [0.2, 0.25) is 0 Å². The highest BCUT2D eigenvalue weighted by Crippen LogP contribution is 2.44. The highest BCUT2D eigenvalue weighted by atomic mass is 16.3. The van der Waals surface area contributed by atoms with Gasteiger partial charge in [-0.15, -0.1) is 0 Å². The van der Waals surface area contributed by atoms with Crippen LogP contribution in [-0.4, -0.2) is 24.6 Å². The van der Waals surface area contributed by atoms with Crippen molar-refractivity contribution in [2.45, 2.75) is 52.4 Å². The number of hydrogen-bond donors (Lipinski definition) is 1. The molecule has 0 fully saturated rings. The molecule has 6 aromatic carbocycles. The molecule has 59 heavy (non-hydrogen) atoms. The molecule has 0 aliphatic rings. The van der Waals surface area contributed by atoms with E-state index in [0.717, 1.165) is 83.2 Å². The van der Waals surface area contributed by atoms with Gasteiger partial charge in [-0.25, -0.2) is 4.98 Å². The minimum Gasteiger partial charge on any atom is -0.507 e. The fraction of sp³-hybridized carbons (Fsp3) is 0.151. The summed E-state index contributed by atoms with van der Waals surface area (Å²) < 4.78 is 8.41. The lowest BCUT2D eigenvalue weighted by Gasteiger charge is -2.23. The molecule has 0 bridgehead atoms. The van der Waals surface area contributed by atoms with Crippen LogP contribution in [0.25, 0.3) is 94.3 Å². The first kappa shape index (κ1) is 36.3. The Morgan fingerprint density at radius 2 is 1.31 bits per heavy atom. The van der Waals surface area contributed by atoms with Gasteiger partial charge in [-0.05, 0) is 82.1 Å². The first-order valence-electron chi connectivity index (χ1n) is 20.1. The number of para-hydroxylation sites is 2. The number of nitrogens with zero attached hydrogens (tertiary/aromatic N) is 4. The van der Waals surface area contributed by atoms with Crippen LogP contribution < -0.4 is 0 Å². The Hall–Kier alpha value is -7.05. The molecule has 10 aromatic rings. The predicted molar refractivity (Wildman–Crippen MR) is 242 cm³/mol. The third-order valence-electron chi connectivity index (χ3n) is 11.5. The molecule has 6 nitrogen and oxygen atoms in total. The predicted octanol–water partition coefficient (Wildman–Crippen LogP) is 13.8. The zero-order valence-corrected chi connectivity index (χ0v) is 34.1. The SMILES string of the molecule is CC(C)(C)c1ccc(-n2c(-c3cncc(-c4cc(C(C)(C)C)cc5cccnc45)c3)nc3c(-c4cc5c(cc4O)oc4ccccc45)cccc32)c(-c2ccccc2)c1. The number of furan rings is 1. The number of rotatable bonds is 5. The number of imidazole rings is 1. The Morgan fingerprint density at radius 1 is 0.542 bits per heavy atom. The summed E-state index contributed by atoms with van der Waals surface area (Å²) in [6.07, 6.45) is 5.68. The summed E-state index contributed by atoms with van der Waals surface area (Å²) in [4.78, 5) is 15.3. The largest absolute Gasteiger partial charge is 0.507 e. The number of phenols is 1. The minimum atomic E-state index is -0.0709. The molecular formula is C53H44N4O2. The number of aromatic nitrogens is 4. The zero-order chi connectivity index (χ0) is 40.6. The molecule has 0 aliphatic carbocycles. The first-order chi connectivity index (χ1) is 28.4. The summed E-state index contributed by atoms with van der Waals surface area (Å²) >= 11 is 0. The summed E-state index contributed by atoms with van der Waals surface area (Å²) in [5, 5.41) is 14.7. The average Bonchev–Trinajstić information content (AvgIpc) is 3.81. The lowest BCUT2D eigenvalue weighted by molar-refractivity contribution is 0.477. The maximum absolute atomic E-state index is 11.7. The Bertz CT molecular complexity index is 3250. The second-order valence-electron chi connectivity index (χ2n) is 17.6. The molecule has 0 aliphatic heterocycles. The van der Waals surface area contributed by atoms with Crippen molar-refractivity contribution in [3.05, 3.63) is 163 Å². The van der Waals surface area contributed by atoms with E-state index in [-0.39, 0.29) is 16.6 Å². The second-order valence-corrected chi connectivity index (χ2v) is 17.6. The Balaban J connectivity index is 1.27. The molecule has 10 rings (SSSR count). The Labute approximate surface area is 343 Å². The van der Waals surface area contributed by atoms with Crippen LogP contribution in [0.15, 0.2) is 156 Å². The monoisotopic (exact) mass is 768 g/mol. The summed E-state index contributed by atoms with van der Waals surface area (Å²) in [6.45, 7) is 13.5. The van der Waals surface area contributed by atoms with E-state index in [4.69, 9.17) is 19.4 Å². The van der Waals surface area contributed by atoms with E-state index in [1.54, 1.807) is 6.07 Å². The highest BCUT2D eigenvalue weighted by Gasteiger charge is 2.25. The van der Waals surface area contributed by atoms with Crippen molar-refractivity contribution in [3.8, 4) is 56.2 Å². The number of hydrogen-bond acceptors (Lipinski definition) is 5. The normalized spacial score (nSPS) is 12.3. The standard InChI is InChI=1S/C53H44N4O2/c1-52(2,3)36-21-22-44(40(26-36)32-14-8-7-9-15-32)57-45-19-12-18-39(42-28-43-38-17-10-11-20-47(38)59-48(43)29-46(42)58)50(45)56-51(57)35-24-34(30-54-31-35)41-27-37(53(4,5)6)25-33-16-13-23-55-49(33)41/h7-31,58H,1-6H3. The van der Waals surface area contributed by atoms with Gasteiger partial charge < -0.3 is 9.52 Å². The van der Waals surface area contributed by atoms with Gasteiger partial charge in [0, 0.05) is 74.2 Å². The van der Waals surface area contributed by atoms with E-state index < -0.39 is 0 Å². The van der Waals surface area contributed by atoms with Gasteiger partial charge in [0.25, 0.3) is 0 Å². The molecule has 0 spiro atoms. The van der Waals surface area contributed by atoms with Crippen molar-refractivity contribution in [1.29, 1.82) is 0 Å². The third kappa shape index (κ3) is 6.23. The fourth-order valence-electron chi connectivity index (χ4n) is 8.33. The van der Waals surface area contributed by atoms with Crippen molar-refractivity contribution < 1.29 is 9.52 Å². The summed E-state index contributed by atoms with van der Waals surface area (Å²) in [5.74, 6) is 0.863. The minimum absolute atomic E-state index is 0.0703. The van der Waals surface area contributed by atoms with E-state index >= 15 is 0 Å². The highest BCUT2D eigenvalue weighted by molar-refractivity contribution is 6.09. The van der Waals surface area contributed by atoms with Crippen molar-refractivity contribution >= 4 is 43.9 Å². The molecule has 4 aromatic heterocycles. The van der Waals surface area contributed by atoms with Crippen LogP contribution in [0.4, 0.5) is 0 Å². The van der Waals surface area contributed by atoms with Crippen LogP contribution in [0.3, 0.4) is 0 Å². The second kappa shape index (κ2) is 13.5. The molecule has 6 heteroatoms. The number of fused-ring (bicyclic) bond motifs is 5. The molecule has 0 unspecified atom stereocenters. The van der Waals surface area contributed by atoms with Crippen LogP contribution in [0, 0.1) is 0 Å². The van der Waals surface area contributed by atoms with Gasteiger partial charge in [0.15, 0.2) is 0 Å². The van der Waals surface area contributed by atoms with Gasteiger partial charge in [0.05, 0.1) is 22.2 Å². The zero-order valence-electron chi connectivity index (χ0n) is 34.1. The maximum atomic E-state index is 11.7. The fourth-order valence-corrected chi connectivity index (χ4v) is 8.33. The van der Waals surface area contributed by atoms with E-state index in [2.05, 4.69) is 131 Å². The van der Waals surface area contributed by atoms with Crippen LogP contribution >= 0.6 is 0 Å². The van der Waals surface area contributed by atoms with Gasteiger partial charge in [-0.2, -0.15) is 0 Å². The Morgan fingerprint density at radius 3 is 2.12 bits per heavy atom. The van der Waals surface area contributed by atoms with Gasteiger partial charge in [-0.3, -0.25) is 14.5 Å². The first-order valence-corrected chi connectivity index (χ1v) is 20.1. The lowest BCUT2D eigenvalue weighted by Crippen LogP contribution is -2.12. The van der Waals surface area contributed by atoms with E-state index in [1.807, 2.05) is 61.1 Å². The molecule has 1 N–H and O–H groups in total. The molecule has 0 amide bonds. The summed E-state index contributed by atoms with van der Waals surface area (Å²) in [7, 11) is 0. The van der Waals surface area contributed by atoms with Crippen molar-refractivity contribution in [2.24, 2.45) is 0 Å². The summed E-state index contributed by atoms with van der Waals surface area (Å²) in [6, 6.07) is 46.1. The number of phenolic OH excluding ortho intramolecular Hbond substituents is 1. The van der Waals surface area contributed by atoms with E-state index in [9.17, 15) is 5.11 Å². The van der Waals surface area contributed by atoms with E-state index in [0.29, 0.717) is 11.1 Å². The van der Waals surface area contributed by atoms with Crippen molar-refractivity contribution in [3.63, 3.8) is 0 Å². The molecule has 0 atom stereocenters. The smallest absolute Gasteiger partial charge is 0.147 e. The molecule has 0 saturated carbocycles. The van der Waals surface area contributed by atoms with Crippen molar-refractivity contribution in [1.82, 2.24) is 19.5 Å². The molecule has 0 radical (unpaired) electrons. The Kier molecular flexibility index (Phi) is 8.32. The quantitative estimate of drug-likeness (QED) is 0.189. The van der Waals surface area contributed by atoms with Crippen LogP contribution in [-0.2, 0) is 10.8 Å². The number of aromatic hydroxyl groups is 1. The molecule has 0 saturated heterocycles. The maximum Gasteiger partial charge on any atom is 0.147 e. The summed E-state index contributed by atoms with van der Waals surface area (Å²) in [5.41, 5.74) is 13.9.